The van der Waals surface area contributed by atoms with Crippen LogP contribution >= 0.6 is 12.6 Å². The number of nitrogens with one attached hydrogen (secondary N) is 1. The Labute approximate surface area is 83.7 Å². The third-order valence-corrected chi connectivity index (χ3v) is 1.76. The lowest BCUT2D eigenvalue weighted by Crippen LogP contribution is -1.94. The lowest BCUT2D eigenvalue weighted by Gasteiger charge is -1.96. The first-order valence-corrected chi connectivity index (χ1v) is 4.77. The van der Waals surface area contributed by atoms with Gasteiger partial charge in [0.25, 0.3) is 0 Å². The fourth-order valence-electron chi connectivity index (χ4n) is 0.847. The van der Waals surface area contributed by atoms with E-state index in [0.29, 0.717) is 5.95 Å². The first-order valence-electron chi connectivity index (χ1n) is 4.14. The van der Waals surface area contributed by atoms with Crippen LogP contribution in [0.2, 0.25) is 0 Å². The molecule has 0 amide bonds. The van der Waals surface area contributed by atoms with Crippen LogP contribution in [0.4, 0.5) is 5.95 Å². The molecule has 0 aromatic carbocycles. The largest absolute Gasteiger partial charge is 0.357 e. The van der Waals surface area contributed by atoms with Gasteiger partial charge in [-0.3, -0.25) is 0 Å². The molecule has 0 bridgehead atoms. The maximum absolute atomic E-state index is 4.11. The fourth-order valence-corrected chi connectivity index (χ4v) is 0.996. The number of allylic oxidation sites excluding steroid dienone is 1. The van der Waals surface area contributed by atoms with E-state index in [2.05, 4.69) is 34.0 Å². The van der Waals surface area contributed by atoms with Crippen molar-refractivity contribution < 1.29 is 0 Å². The Morgan fingerprint density at radius 3 is 2.69 bits per heavy atom. The van der Waals surface area contributed by atoms with Crippen molar-refractivity contribution in [2.45, 2.75) is 6.42 Å². The SMILES string of the molecule is CNc1ncc(C=CCCS)cn1. The van der Waals surface area contributed by atoms with E-state index in [9.17, 15) is 0 Å². The predicted molar refractivity (Wildman–Crippen MR) is 59.1 cm³/mol. The molecule has 1 N–H and O–H groups in total. The molecule has 0 fully saturated rings. The molecule has 0 aliphatic carbocycles. The van der Waals surface area contributed by atoms with Crippen LogP contribution in [-0.4, -0.2) is 22.8 Å². The van der Waals surface area contributed by atoms with Gasteiger partial charge in [0, 0.05) is 25.0 Å². The second kappa shape index (κ2) is 5.59. The zero-order valence-corrected chi connectivity index (χ0v) is 8.46. The second-order valence-corrected chi connectivity index (χ2v) is 2.95. The van der Waals surface area contributed by atoms with E-state index in [4.69, 9.17) is 0 Å². The highest BCUT2D eigenvalue weighted by Gasteiger charge is 1.90. The first-order chi connectivity index (χ1) is 6.36. The van der Waals surface area contributed by atoms with E-state index in [1.165, 1.54) is 0 Å². The molecule has 0 atom stereocenters. The minimum absolute atomic E-state index is 0.645. The molecule has 3 nitrogen and oxygen atoms in total. The Hall–Kier alpha value is -1.03. The van der Waals surface area contributed by atoms with Gasteiger partial charge in [-0.05, 0) is 12.2 Å². The fraction of sp³-hybridized carbons (Fsp3) is 0.333. The van der Waals surface area contributed by atoms with Crippen molar-refractivity contribution in [2.24, 2.45) is 0 Å². The van der Waals surface area contributed by atoms with E-state index >= 15 is 0 Å². The Balaban J connectivity index is 2.58. The average Bonchev–Trinajstić information content (AvgIpc) is 2.19. The highest BCUT2D eigenvalue weighted by atomic mass is 32.1. The quantitative estimate of drug-likeness (QED) is 0.720. The summed E-state index contributed by atoms with van der Waals surface area (Å²) >= 11 is 4.11. The van der Waals surface area contributed by atoms with E-state index in [-0.39, 0.29) is 0 Å². The van der Waals surface area contributed by atoms with Gasteiger partial charge in [-0.2, -0.15) is 12.6 Å². The number of hydrogen-bond donors (Lipinski definition) is 2. The molecule has 70 valence electrons. The molecule has 0 aliphatic rings. The highest BCUT2D eigenvalue weighted by Crippen LogP contribution is 2.02. The van der Waals surface area contributed by atoms with Crippen molar-refractivity contribution in [1.82, 2.24) is 9.97 Å². The minimum atomic E-state index is 0.645. The number of aromatic nitrogens is 2. The number of hydrogen-bond acceptors (Lipinski definition) is 4. The smallest absolute Gasteiger partial charge is 0.222 e. The molecule has 1 rings (SSSR count). The minimum Gasteiger partial charge on any atom is -0.357 e. The van der Waals surface area contributed by atoms with Gasteiger partial charge in [0.15, 0.2) is 0 Å². The topological polar surface area (TPSA) is 37.8 Å². The molecule has 0 spiro atoms. The Morgan fingerprint density at radius 1 is 1.46 bits per heavy atom. The van der Waals surface area contributed by atoms with E-state index in [1.54, 1.807) is 19.4 Å². The Bertz CT molecular complexity index is 269. The van der Waals surface area contributed by atoms with Crippen LogP contribution in [0.3, 0.4) is 0 Å². The maximum atomic E-state index is 4.11. The molecule has 0 unspecified atom stereocenters. The molecule has 0 saturated carbocycles. The summed E-state index contributed by atoms with van der Waals surface area (Å²) in [6.45, 7) is 0. The van der Waals surface area contributed by atoms with Gasteiger partial charge in [0.1, 0.15) is 0 Å². The van der Waals surface area contributed by atoms with Gasteiger partial charge in [-0.25, -0.2) is 9.97 Å². The van der Waals surface area contributed by atoms with Crippen LogP contribution in [0.5, 0.6) is 0 Å². The maximum Gasteiger partial charge on any atom is 0.222 e. The summed E-state index contributed by atoms with van der Waals surface area (Å²) in [6, 6.07) is 0. The van der Waals surface area contributed by atoms with Gasteiger partial charge in [0.05, 0.1) is 0 Å². The standard InChI is InChI=1S/C9H13N3S/c1-10-9-11-6-8(7-12-9)4-2-3-5-13/h2,4,6-7,13H,3,5H2,1H3,(H,10,11,12). The second-order valence-electron chi connectivity index (χ2n) is 2.50. The van der Waals surface area contributed by atoms with Crippen molar-refractivity contribution in [2.75, 3.05) is 18.1 Å². The van der Waals surface area contributed by atoms with Gasteiger partial charge >= 0.3 is 0 Å². The Morgan fingerprint density at radius 2 is 2.15 bits per heavy atom. The van der Waals surface area contributed by atoms with E-state index in [1.807, 2.05) is 6.08 Å². The zero-order chi connectivity index (χ0) is 9.52. The lowest BCUT2D eigenvalue weighted by atomic mass is 10.3. The van der Waals surface area contributed by atoms with Crippen molar-refractivity contribution in [1.29, 1.82) is 0 Å². The third kappa shape index (κ3) is 3.46. The summed E-state index contributed by atoms with van der Waals surface area (Å²) in [6.07, 6.45) is 8.60. The molecular weight excluding hydrogens is 182 g/mol. The molecule has 4 heteroatoms. The number of thiol groups is 1. The summed E-state index contributed by atoms with van der Waals surface area (Å²) in [4.78, 5) is 8.17. The molecule has 13 heavy (non-hydrogen) atoms. The molecule has 0 aliphatic heterocycles. The van der Waals surface area contributed by atoms with Crippen molar-refractivity contribution >= 4 is 24.7 Å². The number of anilines is 1. The molecule has 0 radical (unpaired) electrons. The van der Waals surface area contributed by atoms with Gasteiger partial charge in [-0.1, -0.05) is 12.2 Å². The van der Waals surface area contributed by atoms with Crippen LogP contribution in [0.1, 0.15) is 12.0 Å². The van der Waals surface area contributed by atoms with Gasteiger partial charge in [0.2, 0.25) is 5.95 Å². The van der Waals surface area contributed by atoms with E-state index in [0.717, 1.165) is 17.7 Å². The molecule has 1 aromatic rings. The summed E-state index contributed by atoms with van der Waals surface area (Å²) in [7, 11) is 1.80. The number of rotatable bonds is 4. The predicted octanol–water partition coefficient (Wildman–Crippen LogP) is 1.85. The van der Waals surface area contributed by atoms with Crippen molar-refractivity contribution in [3.05, 3.63) is 24.0 Å². The summed E-state index contributed by atoms with van der Waals surface area (Å²) in [5.41, 5.74) is 1.01. The van der Waals surface area contributed by atoms with Crippen LogP contribution in [0, 0.1) is 0 Å². The summed E-state index contributed by atoms with van der Waals surface area (Å²) < 4.78 is 0. The van der Waals surface area contributed by atoms with Crippen LogP contribution in [-0.2, 0) is 0 Å². The number of nitrogens with zero attached hydrogens (tertiary/aromatic N) is 2. The summed E-state index contributed by atoms with van der Waals surface area (Å²) in [5.74, 6) is 1.51. The molecule has 0 saturated heterocycles. The van der Waals surface area contributed by atoms with Crippen LogP contribution < -0.4 is 5.32 Å². The van der Waals surface area contributed by atoms with Crippen molar-refractivity contribution in [3.63, 3.8) is 0 Å². The van der Waals surface area contributed by atoms with Crippen LogP contribution in [0.25, 0.3) is 6.08 Å². The monoisotopic (exact) mass is 195 g/mol. The highest BCUT2D eigenvalue weighted by molar-refractivity contribution is 7.80. The first kappa shape index (κ1) is 10.1. The molecular formula is C9H13N3S. The van der Waals surface area contributed by atoms with Gasteiger partial charge in [-0.15, -0.1) is 0 Å². The lowest BCUT2D eigenvalue weighted by molar-refractivity contribution is 1.14. The Kier molecular flexibility index (Phi) is 4.32. The summed E-state index contributed by atoms with van der Waals surface area (Å²) in [5, 5.41) is 2.86. The average molecular weight is 195 g/mol. The normalized spacial score (nSPS) is 10.6. The van der Waals surface area contributed by atoms with Crippen LogP contribution in [0.15, 0.2) is 18.5 Å². The molecule has 1 heterocycles. The van der Waals surface area contributed by atoms with Gasteiger partial charge < -0.3 is 5.32 Å². The molecule has 1 aromatic heterocycles. The van der Waals surface area contributed by atoms with Crippen molar-refractivity contribution in [3.8, 4) is 0 Å². The third-order valence-electron chi connectivity index (χ3n) is 1.50. The van der Waals surface area contributed by atoms with E-state index < -0.39 is 0 Å². The zero-order valence-electron chi connectivity index (χ0n) is 7.57.